The van der Waals surface area contributed by atoms with Crippen molar-refractivity contribution in [3.8, 4) is 0 Å². The van der Waals surface area contributed by atoms with Crippen LogP contribution in [0.15, 0.2) is 10.9 Å². The van der Waals surface area contributed by atoms with Gasteiger partial charge in [0.2, 0.25) is 10.0 Å². The predicted molar refractivity (Wildman–Crippen MR) is 69.0 cm³/mol. The summed E-state index contributed by atoms with van der Waals surface area (Å²) in [4.78, 5) is 17.7. The average Bonchev–Trinajstić information content (AvgIpc) is 2.79. The maximum Gasteiger partial charge on any atom is 0.273 e. The molecule has 1 atom stereocenters. The lowest BCUT2D eigenvalue weighted by atomic mass is 10.1. The van der Waals surface area contributed by atoms with E-state index in [4.69, 9.17) is 0 Å². The van der Waals surface area contributed by atoms with Crippen molar-refractivity contribution < 1.29 is 13.2 Å². The van der Waals surface area contributed by atoms with Gasteiger partial charge in [-0.15, -0.1) is 11.3 Å². The average molecular weight is 289 g/mol. The Morgan fingerprint density at radius 2 is 2.39 bits per heavy atom. The highest BCUT2D eigenvalue weighted by atomic mass is 32.2. The van der Waals surface area contributed by atoms with Crippen molar-refractivity contribution in [1.29, 1.82) is 0 Å². The van der Waals surface area contributed by atoms with Gasteiger partial charge in [0.25, 0.3) is 5.91 Å². The summed E-state index contributed by atoms with van der Waals surface area (Å²) >= 11 is 1.37. The first kappa shape index (κ1) is 13.4. The Labute approximate surface area is 110 Å². The number of amides is 1. The van der Waals surface area contributed by atoms with Crippen molar-refractivity contribution in [1.82, 2.24) is 14.6 Å². The number of nitrogens with zero attached hydrogens (tertiary/aromatic N) is 2. The molecule has 1 unspecified atom stereocenters. The Hall–Kier alpha value is -0.990. The van der Waals surface area contributed by atoms with Crippen molar-refractivity contribution in [2.75, 3.05) is 19.3 Å². The zero-order chi connectivity index (χ0) is 13.2. The van der Waals surface area contributed by atoms with Gasteiger partial charge in [-0.1, -0.05) is 0 Å². The summed E-state index contributed by atoms with van der Waals surface area (Å²) in [5.74, 6) is -0.128. The molecule has 1 aliphatic heterocycles. The molecule has 1 aliphatic rings. The SMILES string of the molecule is CS(=O)(=O)NC1CCCN(C(=O)c2cscn2)C1. The molecule has 1 saturated heterocycles. The Morgan fingerprint density at radius 1 is 1.61 bits per heavy atom. The van der Waals surface area contributed by atoms with E-state index in [9.17, 15) is 13.2 Å². The van der Waals surface area contributed by atoms with Crippen LogP contribution in [0, 0.1) is 0 Å². The van der Waals surface area contributed by atoms with E-state index in [1.165, 1.54) is 11.3 Å². The van der Waals surface area contributed by atoms with Crippen LogP contribution in [0.3, 0.4) is 0 Å². The molecule has 2 rings (SSSR count). The molecule has 18 heavy (non-hydrogen) atoms. The van der Waals surface area contributed by atoms with Gasteiger partial charge in [0.1, 0.15) is 5.69 Å². The van der Waals surface area contributed by atoms with Crippen molar-refractivity contribution in [3.05, 3.63) is 16.6 Å². The second kappa shape index (κ2) is 5.33. The Bertz CT molecular complexity index is 512. The molecule has 0 aromatic carbocycles. The molecule has 0 aliphatic carbocycles. The van der Waals surface area contributed by atoms with Gasteiger partial charge in [-0.05, 0) is 12.8 Å². The number of rotatable bonds is 3. The van der Waals surface area contributed by atoms with Gasteiger partial charge in [0, 0.05) is 24.5 Å². The Kier molecular flexibility index (Phi) is 3.98. The van der Waals surface area contributed by atoms with Crippen molar-refractivity contribution in [2.24, 2.45) is 0 Å². The molecule has 1 N–H and O–H groups in total. The summed E-state index contributed by atoms with van der Waals surface area (Å²) in [6.07, 6.45) is 2.69. The number of aromatic nitrogens is 1. The number of thiazole rings is 1. The monoisotopic (exact) mass is 289 g/mol. The van der Waals surface area contributed by atoms with Crippen LogP contribution in [0.2, 0.25) is 0 Å². The van der Waals surface area contributed by atoms with Crippen LogP contribution in [-0.4, -0.2) is 49.6 Å². The smallest absolute Gasteiger partial charge is 0.273 e. The van der Waals surface area contributed by atoms with Crippen LogP contribution >= 0.6 is 11.3 Å². The third-order valence-corrected chi connectivity index (χ3v) is 4.09. The molecule has 2 heterocycles. The topological polar surface area (TPSA) is 79.4 Å². The van der Waals surface area contributed by atoms with Gasteiger partial charge in [-0.3, -0.25) is 4.79 Å². The lowest BCUT2D eigenvalue weighted by molar-refractivity contribution is 0.0698. The van der Waals surface area contributed by atoms with E-state index in [0.717, 1.165) is 19.1 Å². The minimum Gasteiger partial charge on any atom is -0.336 e. The lowest BCUT2D eigenvalue weighted by Gasteiger charge is -2.32. The van der Waals surface area contributed by atoms with Crippen LogP contribution in [-0.2, 0) is 10.0 Å². The predicted octanol–water partition coefficient (Wildman–Crippen LogP) is 0.297. The van der Waals surface area contributed by atoms with E-state index in [-0.39, 0.29) is 11.9 Å². The zero-order valence-corrected chi connectivity index (χ0v) is 11.6. The number of nitrogens with one attached hydrogen (secondary N) is 1. The molecule has 1 aromatic rings. The first-order valence-corrected chi connectivity index (χ1v) is 8.44. The molecule has 0 spiro atoms. The van der Waals surface area contributed by atoms with Gasteiger partial charge in [-0.2, -0.15) is 0 Å². The van der Waals surface area contributed by atoms with E-state index >= 15 is 0 Å². The molecule has 6 nitrogen and oxygen atoms in total. The minimum absolute atomic E-state index is 0.128. The van der Waals surface area contributed by atoms with E-state index in [0.29, 0.717) is 18.8 Å². The van der Waals surface area contributed by atoms with Crippen LogP contribution in [0.1, 0.15) is 23.3 Å². The first-order valence-electron chi connectivity index (χ1n) is 5.60. The fourth-order valence-electron chi connectivity index (χ4n) is 2.04. The number of hydrogen-bond donors (Lipinski definition) is 1. The quantitative estimate of drug-likeness (QED) is 0.868. The highest BCUT2D eigenvalue weighted by Crippen LogP contribution is 2.14. The molecular weight excluding hydrogens is 274 g/mol. The lowest BCUT2D eigenvalue weighted by Crippen LogP contribution is -2.49. The van der Waals surface area contributed by atoms with Crippen molar-refractivity contribution in [3.63, 3.8) is 0 Å². The number of carbonyl (C=O) groups is 1. The van der Waals surface area contributed by atoms with Crippen LogP contribution in [0.4, 0.5) is 0 Å². The fourth-order valence-corrected chi connectivity index (χ4v) is 3.36. The molecule has 0 saturated carbocycles. The minimum atomic E-state index is -3.23. The zero-order valence-electron chi connectivity index (χ0n) is 10.00. The number of likely N-dealkylation sites (tertiary alicyclic amines) is 1. The number of piperidine rings is 1. The van der Waals surface area contributed by atoms with Crippen LogP contribution in [0.25, 0.3) is 0 Å². The Morgan fingerprint density at radius 3 is 3.00 bits per heavy atom. The van der Waals surface area contributed by atoms with E-state index in [1.54, 1.807) is 15.8 Å². The summed E-state index contributed by atoms with van der Waals surface area (Å²) in [6.45, 7) is 1.06. The number of sulfonamides is 1. The van der Waals surface area contributed by atoms with Crippen molar-refractivity contribution >= 4 is 27.3 Å². The van der Waals surface area contributed by atoms with E-state index in [2.05, 4.69) is 9.71 Å². The van der Waals surface area contributed by atoms with Gasteiger partial charge < -0.3 is 4.90 Å². The van der Waals surface area contributed by atoms with Gasteiger partial charge in [0.15, 0.2) is 0 Å². The molecule has 1 fully saturated rings. The van der Waals surface area contributed by atoms with Crippen LogP contribution in [0.5, 0.6) is 0 Å². The van der Waals surface area contributed by atoms with Crippen LogP contribution < -0.4 is 4.72 Å². The maximum absolute atomic E-state index is 12.1. The third-order valence-electron chi connectivity index (χ3n) is 2.74. The fraction of sp³-hybridized carbons (Fsp3) is 0.600. The van der Waals surface area contributed by atoms with E-state index in [1.807, 2.05) is 0 Å². The normalized spacial score (nSPS) is 20.9. The number of hydrogen-bond acceptors (Lipinski definition) is 5. The first-order chi connectivity index (χ1) is 8.46. The van der Waals surface area contributed by atoms with Gasteiger partial charge in [0.05, 0.1) is 11.8 Å². The van der Waals surface area contributed by atoms with Crippen molar-refractivity contribution in [2.45, 2.75) is 18.9 Å². The molecule has 0 radical (unpaired) electrons. The summed E-state index contributed by atoms with van der Waals surface area (Å²) in [7, 11) is -3.23. The second-order valence-electron chi connectivity index (χ2n) is 4.35. The standard InChI is InChI=1S/C10H15N3O3S2/c1-18(15,16)12-8-3-2-4-13(5-8)10(14)9-6-17-7-11-9/h6-8,12H,2-5H2,1H3. The third kappa shape index (κ3) is 3.50. The van der Waals surface area contributed by atoms with E-state index < -0.39 is 10.0 Å². The maximum atomic E-state index is 12.1. The van der Waals surface area contributed by atoms with Gasteiger partial charge >= 0.3 is 0 Å². The highest BCUT2D eigenvalue weighted by Gasteiger charge is 2.26. The molecular formula is C10H15N3O3S2. The summed E-state index contributed by atoms with van der Waals surface area (Å²) in [6, 6.07) is -0.198. The largest absolute Gasteiger partial charge is 0.336 e. The number of carbonyl (C=O) groups excluding carboxylic acids is 1. The van der Waals surface area contributed by atoms with Gasteiger partial charge in [-0.25, -0.2) is 18.1 Å². The summed E-state index contributed by atoms with van der Waals surface area (Å²) in [5, 5.41) is 1.70. The molecule has 0 bridgehead atoms. The summed E-state index contributed by atoms with van der Waals surface area (Å²) < 4.78 is 24.9. The molecule has 1 aromatic heterocycles. The Balaban J connectivity index is 2.01. The second-order valence-corrected chi connectivity index (χ2v) is 6.85. The molecule has 1 amide bonds. The highest BCUT2D eigenvalue weighted by molar-refractivity contribution is 7.88. The molecule has 8 heteroatoms. The summed E-state index contributed by atoms with van der Waals surface area (Å²) in [5.41, 5.74) is 2.05. The molecule has 100 valence electrons.